The van der Waals surface area contributed by atoms with Crippen LogP contribution in [0, 0.1) is 33.9 Å². The van der Waals surface area contributed by atoms with Crippen molar-refractivity contribution in [2.45, 2.75) is 38.6 Å². The summed E-state index contributed by atoms with van der Waals surface area (Å²) in [6, 6.07) is 8.44. The average Bonchev–Trinajstić information content (AvgIpc) is 2.96. The van der Waals surface area contributed by atoms with Gasteiger partial charge in [0.15, 0.2) is 0 Å². The van der Waals surface area contributed by atoms with Gasteiger partial charge in [0, 0.05) is 12.0 Å². The van der Waals surface area contributed by atoms with Crippen molar-refractivity contribution in [1.29, 1.82) is 5.26 Å². The highest BCUT2D eigenvalue weighted by Crippen LogP contribution is 2.75. The van der Waals surface area contributed by atoms with E-state index in [4.69, 9.17) is 0 Å². The first-order chi connectivity index (χ1) is 10.9. The molecule has 0 aromatic heterocycles. The Labute approximate surface area is 135 Å². The number of hydrogen-bond acceptors (Lipinski definition) is 3. The molecule has 1 N–H and O–H groups in total. The van der Waals surface area contributed by atoms with Crippen LogP contribution in [0.5, 0.6) is 0 Å². The topological polar surface area (TPSA) is 56.1 Å². The van der Waals surface area contributed by atoms with Gasteiger partial charge in [-0.25, -0.2) is 4.39 Å². The molecule has 23 heavy (non-hydrogen) atoms. The normalized spacial score (nSPS) is 41.0. The Kier molecular flexibility index (Phi) is 2.76. The summed E-state index contributed by atoms with van der Waals surface area (Å²) in [5, 5.41) is 11.7. The van der Waals surface area contributed by atoms with Crippen LogP contribution < -0.4 is 5.43 Å². The number of halogens is 1. The molecule has 1 saturated heterocycles. The van der Waals surface area contributed by atoms with Crippen molar-refractivity contribution in [3.63, 3.8) is 0 Å². The fourth-order valence-corrected chi connectivity index (χ4v) is 5.47. The minimum atomic E-state index is -0.675. The zero-order chi connectivity index (χ0) is 16.5. The zero-order valence-electron chi connectivity index (χ0n) is 13.4. The van der Waals surface area contributed by atoms with Crippen molar-refractivity contribution >= 4 is 5.91 Å². The smallest absolute Gasteiger partial charge is 0.268 e. The SMILES string of the molecule is C[C@@]12CC[C@H]3C[C@@]1(C#N)N(NC(=O)c1ccccc1F)C[C@@]32C. The maximum Gasteiger partial charge on any atom is 0.268 e. The second-order valence-corrected chi connectivity index (χ2v) is 7.67. The Hall–Kier alpha value is -1.93. The van der Waals surface area contributed by atoms with Crippen LogP contribution in [-0.4, -0.2) is 23.0 Å². The molecule has 1 amide bonds. The van der Waals surface area contributed by atoms with E-state index in [1.54, 1.807) is 17.1 Å². The molecular formula is C18H20FN3O. The molecule has 4 bridgehead atoms. The van der Waals surface area contributed by atoms with Crippen molar-refractivity contribution in [1.82, 2.24) is 10.4 Å². The molecule has 4 nitrogen and oxygen atoms in total. The van der Waals surface area contributed by atoms with E-state index in [-0.39, 0.29) is 16.4 Å². The monoisotopic (exact) mass is 313 g/mol. The van der Waals surface area contributed by atoms with E-state index in [1.165, 1.54) is 12.1 Å². The van der Waals surface area contributed by atoms with E-state index in [0.29, 0.717) is 12.5 Å². The van der Waals surface area contributed by atoms with E-state index in [1.807, 2.05) is 0 Å². The van der Waals surface area contributed by atoms with Gasteiger partial charge in [-0.2, -0.15) is 10.3 Å². The molecule has 0 radical (unpaired) electrons. The molecule has 5 heteroatoms. The molecule has 2 saturated carbocycles. The average molecular weight is 313 g/mol. The predicted octanol–water partition coefficient (Wildman–Crippen LogP) is 2.87. The number of amides is 1. The van der Waals surface area contributed by atoms with Gasteiger partial charge in [0.05, 0.1) is 11.6 Å². The number of benzene rings is 1. The first kappa shape index (κ1) is 14.6. The van der Waals surface area contributed by atoms with Gasteiger partial charge >= 0.3 is 0 Å². The number of hydrogen-bond donors (Lipinski definition) is 1. The van der Waals surface area contributed by atoms with Crippen LogP contribution in [-0.2, 0) is 0 Å². The van der Waals surface area contributed by atoms with Crippen LogP contribution in [0.3, 0.4) is 0 Å². The summed E-state index contributed by atoms with van der Waals surface area (Å²) in [5.41, 5.74) is 2.08. The maximum absolute atomic E-state index is 13.8. The lowest BCUT2D eigenvalue weighted by molar-refractivity contribution is 0.0238. The van der Waals surface area contributed by atoms with Crippen molar-refractivity contribution in [2.24, 2.45) is 16.7 Å². The van der Waals surface area contributed by atoms with Crippen LogP contribution in [0.15, 0.2) is 24.3 Å². The summed E-state index contributed by atoms with van der Waals surface area (Å²) in [6.45, 7) is 5.07. The van der Waals surface area contributed by atoms with Gasteiger partial charge in [-0.3, -0.25) is 10.2 Å². The molecule has 1 aliphatic heterocycles. The van der Waals surface area contributed by atoms with Gasteiger partial charge in [-0.05, 0) is 42.7 Å². The number of nitriles is 1. The minimum Gasteiger partial charge on any atom is -0.283 e. The third kappa shape index (κ3) is 1.50. The maximum atomic E-state index is 13.8. The number of nitrogens with one attached hydrogen (secondary N) is 1. The van der Waals surface area contributed by atoms with Crippen molar-refractivity contribution in [3.8, 4) is 6.07 Å². The van der Waals surface area contributed by atoms with Crippen LogP contribution in [0.25, 0.3) is 0 Å². The van der Waals surface area contributed by atoms with Gasteiger partial charge in [0.25, 0.3) is 5.91 Å². The lowest BCUT2D eigenvalue weighted by Crippen LogP contribution is -2.59. The van der Waals surface area contributed by atoms with Crippen molar-refractivity contribution in [3.05, 3.63) is 35.6 Å². The molecule has 3 fully saturated rings. The summed E-state index contributed by atoms with van der Waals surface area (Å²) in [7, 11) is 0. The summed E-state index contributed by atoms with van der Waals surface area (Å²) >= 11 is 0. The van der Waals surface area contributed by atoms with E-state index >= 15 is 0 Å². The Balaban J connectivity index is 1.66. The van der Waals surface area contributed by atoms with Crippen molar-refractivity contribution < 1.29 is 9.18 Å². The molecule has 4 rings (SSSR count). The second kappa shape index (κ2) is 4.33. The Morgan fingerprint density at radius 2 is 2.17 bits per heavy atom. The number of rotatable bonds is 2. The Bertz CT molecular complexity index is 744. The molecule has 0 unspecified atom stereocenters. The zero-order valence-corrected chi connectivity index (χ0v) is 13.4. The number of carbonyl (C=O) groups excluding carboxylic acids is 1. The molecule has 120 valence electrons. The summed E-state index contributed by atoms with van der Waals surface area (Å²) in [4.78, 5) is 12.5. The minimum absolute atomic E-state index is 0.0174. The van der Waals surface area contributed by atoms with E-state index in [0.717, 1.165) is 19.3 Å². The third-order valence-corrected chi connectivity index (χ3v) is 7.10. The number of nitrogens with zero attached hydrogens (tertiary/aromatic N) is 2. The highest BCUT2D eigenvalue weighted by Gasteiger charge is 2.78. The van der Waals surface area contributed by atoms with E-state index in [9.17, 15) is 14.4 Å². The predicted molar refractivity (Wildman–Crippen MR) is 82.5 cm³/mol. The molecule has 0 spiro atoms. The lowest BCUT2D eigenvalue weighted by atomic mass is 9.66. The summed E-state index contributed by atoms with van der Waals surface area (Å²) < 4.78 is 13.8. The number of hydrazine groups is 1. The molecular weight excluding hydrogens is 293 g/mol. The van der Waals surface area contributed by atoms with Gasteiger partial charge in [-0.15, -0.1) is 0 Å². The lowest BCUT2D eigenvalue weighted by Gasteiger charge is -2.42. The fraction of sp³-hybridized carbons (Fsp3) is 0.556. The number of carbonyl (C=O) groups is 1. The quantitative estimate of drug-likeness (QED) is 0.913. The van der Waals surface area contributed by atoms with E-state index in [2.05, 4.69) is 25.3 Å². The first-order valence-electron chi connectivity index (χ1n) is 8.12. The van der Waals surface area contributed by atoms with Gasteiger partial charge < -0.3 is 0 Å². The highest BCUT2D eigenvalue weighted by molar-refractivity contribution is 5.94. The highest BCUT2D eigenvalue weighted by atomic mass is 19.1. The van der Waals surface area contributed by atoms with Crippen LogP contribution in [0.2, 0.25) is 0 Å². The number of piperidine rings is 1. The Morgan fingerprint density at radius 3 is 2.83 bits per heavy atom. The van der Waals surface area contributed by atoms with Gasteiger partial charge in [0.1, 0.15) is 11.4 Å². The first-order valence-corrected chi connectivity index (χ1v) is 8.12. The molecule has 1 heterocycles. The second-order valence-electron chi connectivity index (χ2n) is 7.67. The van der Waals surface area contributed by atoms with Gasteiger partial charge in [-0.1, -0.05) is 26.0 Å². The van der Waals surface area contributed by atoms with Crippen LogP contribution >= 0.6 is 0 Å². The molecule has 4 atom stereocenters. The van der Waals surface area contributed by atoms with Crippen LogP contribution in [0.4, 0.5) is 4.39 Å². The van der Waals surface area contributed by atoms with E-state index < -0.39 is 17.3 Å². The molecule has 1 aromatic carbocycles. The van der Waals surface area contributed by atoms with Crippen LogP contribution in [0.1, 0.15) is 43.5 Å². The molecule has 1 aromatic rings. The molecule has 3 aliphatic rings. The van der Waals surface area contributed by atoms with Crippen molar-refractivity contribution in [2.75, 3.05) is 6.54 Å². The standard InChI is InChI=1S/C18H20FN3O/c1-16-11-22(21-15(23)13-5-3-4-6-14(13)19)18(10-20)9-12(16)7-8-17(16,18)2/h3-6,12H,7-9,11H2,1-2H3,(H,21,23)/t12-,16-,17-,18-/m0/s1. The summed E-state index contributed by atoms with van der Waals surface area (Å²) in [5.74, 6) is -0.485. The Morgan fingerprint density at radius 1 is 1.43 bits per heavy atom. The summed E-state index contributed by atoms with van der Waals surface area (Å²) in [6.07, 6.45) is 2.95. The third-order valence-electron chi connectivity index (χ3n) is 7.10. The molecule has 2 aliphatic carbocycles. The largest absolute Gasteiger partial charge is 0.283 e. The fourth-order valence-electron chi connectivity index (χ4n) is 5.47. The van der Waals surface area contributed by atoms with Gasteiger partial charge in [0.2, 0.25) is 0 Å².